The van der Waals surface area contributed by atoms with E-state index < -0.39 is 51.8 Å². The van der Waals surface area contributed by atoms with Gasteiger partial charge < -0.3 is 4.74 Å². The zero-order chi connectivity index (χ0) is 39.5. The van der Waals surface area contributed by atoms with Crippen LogP contribution in [-0.2, 0) is 5.60 Å². The molecule has 2 aliphatic carbocycles. The second-order valence-corrected chi connectivity index (χ2v) is 16.5. The molecule has 5 heterocycles. The van der Waals surface area contributed by atoms with Crippen molar-refractivity contribution in [2.45, 2.75) is 19.4 Å². The van der Waals surface area contributed by atoms with Gasteiger partial charge >= 0.3 is 0 Å². The first-order valence-electron chi connectivity index (χ1n) is 15.6. The number of thiophene rings is 2. The first-order chi connectivity index (χ1) is 26.8. The third-order valence-electron chi connectivity index (χ3n) is 8.98. The summed E-state index contributed by atoms with van der Waals surface area (Å²) in [4.78, 5) is 53.8. The minimum Gasteiger partial charge on any atom is -0.480 e. The molecule has 11 nitrogen and oxygen atoms in total. The fraction of sp³-hybridized carbons (Fsp3) is 0.0811. The number of rotatable bonds is 2. The Hall–Kier alpha value is -6.74. The van der Waals surface area contributed by atoms with Crippen LogP contribution in [0.2, 0.25) is 0 Å². The van der Waals surface area contributed by atoms with Gasteiger partial charge in [0.1, 0.15) is 31.4 Å². The minimum absolute atomic E-state index is 0.0796. The number of halogens is 4. The second-order valence-electron chi connectivity index (χ2n) is 12.5. The topological polar surface area (TPSA) is 150 Å². The first-order valence-corrected chi connectivity index (χ1v) is 18.9. The average molecular weight is 819 g/mol. The second kappa shape index (κ2) is 12.1. The standard InChI is InChI=1S/C37H10F4N8O3S4/c1-37(2)23-29(53-33-30(23)55-35(48-33)46-24-21(19(9-42)44-3)11-5-15(38)17(40)7-13(11)26(24)50)31-28(52-37)32-34(54-31)49-36(56-32)47-25-22(20(10-43)45-4)12-6-16(39)18(41)8-14(12)27(25)51/h5-8H,1-2H3/b21-19+,22-20?,46-24?,47-25?. The molecule has 268 valence electrons. The molecular weight excluding hydrogens is 809 g/mol. The number of allylic oxidation sites excluding steroid dienone is 4. The van der Waals surface area contributed by atoms with Crippen LogP contribution in [0.3, 0.4) is 0 Å². The van der Waals surface area contributed by atoms with Gasteiger partial charge in [-0.25, -0.2) is 57.7 Å². The van der Waals surface area contributed by atoms with Gasteiger partial charge in [0.25, 0.3) is 11.4 Å². The Balaban J connectivity index is 1.13. The number of Topliss-reactive ketones (excluding diaryl/α,β-unsaturated/α-hetero) is 2. The highest BCUT2D eigenvalue weighted by molar-refractivity contribution is 7.35. The molecule has 0 saturated carbocycles. The van der Waals surface area contributed by atoms with Crippen LogP contribution in [0.25, 0.3) is 49.7 Å². The monoisotopic (exact) mass is 818 g/mol. The van der Waals surface area contributed by atoms with Crippen LogP contribution in [-0.4, -0.2) is 33.0 Å². The van der Waals surface area contributed by atoms with E-state index in [1.54, 1.807) is 12.1 Å². The van der Waals surface area contributed by atoms with Crippen LogP contribution >= 0.6 is 45.3 Å². The lowest BCUT2D eigenvalue weighted by Gasteiger charge is -2.31. The summed E-state index contributed by atoms with van der Waals surface area (Å²) in [5.74, 6) is -6.13. The van der Waals surface area contributed by atoms with Gasteiger partial charge in [-0.3, -0.25) is 9.59 Å². The van der Waals surface area contributed by atoms with Crippen molar-refractivity contribution in [3.8, 4) is 27.6 Å². The molecule has 0 unspecified atom stereocenters. The molecule has 1 aliphatic heterocycles. The third kappa shape index (κ3) is 4.86. The summed E-state index contributed by atoms with van der Waals surface area (Å²) in [5, 5.41) is 19.4. The Morgan fingerprint density at radius 1 is 0.714 bits per heavy atom. The number of thiazole rings is 2. The van der Waals surface area contributed by atoms with Gasteiger partial charge in [-0.05, 0) is 49.2 Å². The van der Waals surface area contributed by atoms with Gasteiger partial charge in [0.2, 0.25) is 21.8 Å². The van der Waals surface area contributed by atoms with Crippen molar-refractivity contribution in [2.75, 3.05) is 0 Å². The number of aliphatic imine (C=N–C) groups is 2. The van der Waals surface area contributed by atoms with Crippen LogP contribution in [0.1, 0.15) is 51.3 Å². The number of carbonyl (C=O) groups is 2. The third-order valence-corrected chi connectivity index (χ3v) is 13.5. The highest BCUT2D eigenvalue weighted by Crippen LogP contribution is 2.60. The lowest BCUT2D eigenvalue weighted by atomic mass is 9.95. The quantitative estimate of drug-likeness (QED) is 0.0959. The highest BCUT2D eigenvalue weighted by Gasteiger charge is 2.42. The SMILES string of the molecule is [C-]#[N+]C(C#N)=C1C(=Nc2nc3sc4c(c3s2)OC(C)(C)c2c-4sc3nc(N=C4C(=O)c5cc(F)c(F)cc5/C4=C(/C#N)[N+]#[C-])sc23)C(=O)c2cc(F)c(F)cc21. The summed E-state index contributed by atoms with van der Waals surface area (Å²) >= 11 is 4.81. The molecular formula is C37H10F4N8O3S4. The van der Waals surface area contributed by atoms with E-state index in [1.165, 1.54) is 22.7 Å². The van der Waals surface area contributed by atoms with Crippen molar-refractivity contribution in [1.29, 1.82) is 10.5 Å². The predicted octanol–water partition coefficient (Wildman–Crippen LogP) is 10.1. The predicted molar refractivity (Wildman–Crippen MR) is 201 cm³/mol. The van der Waals surface area contributed by atoms with Gasteiger partial charge in [-0.1, -0.05) is 22.7 Å². The van der Waals surface area contributed by atoms with Gasteiger partial charge in [-0.2, -0.15) is 0 Å². The van der Waals surface area contributed by atoms with E-state index in [0.29, 0.717) is 36.9 Å². The lowest BCUT2D eigenvalue weighted by Crippen LogP contribution is -2.27. The normalized spacial score (nSPS) is 18.2. The molecule has 2 aromatic carbocycles. The number of carbonyl (C=O) groups excluding carboxylic acids is 2. The Bertz CT molecular complexity index is 3210. The molecule has 0 atom stereocenters. The lowest BCUT2D eigenvalue weighted by molar-refractivity contribution is 0.106. The van der Waals surface area contributed by atoms with Crippen molar-refractivity contribution in [3.63, 3.8) is 0 Å². The molecule has 0 amide bonds. The molecule has 0 spiro atoms. The molecule has 0 bridgehead atoms. The first kappa shape index (κ1) is 35.0. The Labute approximate surface area is 326 Å². The number of ether oxygens (including phenoxy) is 1. The number of fused-ring (bicyclic) bond motifs is 9. The molecule has 6 aromatic rings. The molecule has 9 rings (SSSR count). The number of hydrogen-bond acceptors (Lipinski definition) is 13. The molecule has 19 heteroatoms. The van der Waals surface area contributed by atoms with E-state index in [4.69, 9.17) is 17.9 Å². The smallest absolute Gasteiger partial charge is 0.271 e. The van der Waals surface area contributed by atoms with E-state index in [1.807, 2.05) is 13.8 Å². The molecule has 4 aromatic heterocycles. The zero-order valence-corrected chi connectivity index (χ0v) is 31.0. The van der Waals surface area contributed by atoms with Crippen LogP contribution in [0.4, 0.5) is 27.8 Å². The van der Waals surface area contributed by atoms with E-state index in [2.05, 4.69) is 29.6 Å². The van der Waals surface area contributed by atoms with Crippen molar-refractivity contribution >= 4 is 109 Å². The fourth-order valence-electron chi connectivity index (χ4n) is 6.66. The molecule has 0 radical (unpaired) electrons. The molecule has 0 saturated heterocycles. The van der Waals surface area contributed by atoms with Crippen molar-refractivity contribution in [1.82, 2.24) is 9.97 Å². The summed E-state index contributed by atoms with van der Waals surface area (Å²) in [5.41, 5.74) is -3.03. The van der Waals surface area contributed by atoms with E-state index in [0.717, 1.165) is 50.1 Å². The maximum atomic E-state index is 14.2. The van der Waals surface area contributed by atoms with E-state index in [9.17, 15) is 37.7 Å². The van der Waals surface area contributed by atoms with Gasteiger partial charge in [0, 0.05) is 27.8 Å². The van der Waals surface area contributed by atoms with Crippen molar-refractivity contribution in [3.05, 3.63) is 110 Å². The number of nitrogens with zero attached hydrogens (tertiary/aromatic N) is 8. The number of hydrogen-bond donors (Lipinski definition) is 0. The molecule has 56 heavy (non-hydrogen) atoms. The summed E-state index contributed by atoms with van der Waals surface area (Å²) in [7, 11) is 0. The summed E-state index contributed by atoms with van der Waals surface area (Å²) < 4.78 is 64.6. The fourth-order valence-corrected chi connectivity index (χ4v) is 11.6. The van der Waals surface area contributed by atoms with Gasteiger partial charge in [0.05, 0.1) is 39.7 Å². The highest BCUT2D eigenvalue weighted by atomic mass is 32.1. The van der Waals surface area contributed by atoms with Crippen LogP contribution < -0.4 is 4.74 Å². The van der Waals surface area contributed by atoms with E-state index >= 15 is 0 Å². The number of benzene rings is 2. The molecule has 3 aliphatic rings. The minimum atomic E-state index is -1.27. The summed E-state index contributed by atoms with van der Waals surface area (Å²) in [6.07, 6.45) is 0. The number of aromatic nitrogens is 2. The van der Waals surface area contributed by atoms with Crippen LogP contribution in [0.5, 0.6) is 5.75 Å². The average Bonchev–Trinajstić information content (AvgIpc) is 3.98. The maximum absolute atomic E-state index is 14.2. The van der Waals surface area contributed by atoms with Gasteiger partial charge in [-0.15, -0.1) is 22.7 Å². The number of ketones is 2. The zero-order valence-electron chi connectivity index (χ0n) is 27.8. The largest absolute Gasteiger partial charge is 0.480 e. The van der Waals surface area contributed by atoms with E-state index in [-0.39, 0.29) is 55.1 Å². The van der Waals surface area contributed by atoms with Crippen molar-refractivity contribution in [2.24, 2.45) is 9.98 Å². The Morgan fingerprint density at radius 2 is 1.14 bits per heavy atom. The van der Waals surface area contributed by atoms with Crippen LogP contribution in [0, 0.1) is 59.1 Å². The maximum Gasteiger partial charge on any atom is 0.271 e. The van der Waals surface area contributed by atoms with Crippen LogP contribution in [0.15, 0.2) is 45.6 Å². The number of nitriles is 2. The Kier molecular flexibility index (Phi) is 7.58. The summed E-state index contributed by atoms with van der Waals surface area (Å²) in [6, 6.07) is 6.36. The molecule has 0 N–H and O–H groups in total. The van der Waals surface area contributed by atoms with Crippen molar-refractivity contribution < 1.29 is 31.9 Å². The van der Waals surface area contributed by atoms with Gasteiger partial charge in [0.15, 0.2) is 29.0 Å². The Morgan fingerprint density at radius 3 is 1.61 bits per heavy atom. The molecule has 0 fully saturated rings. The summed E-state index contributed by atoms with van der Waals surface area (Å²) in [6.45, 7) is 18.6.